The van der Waals surface area contributed by atoms with Gasteiger partial charge in [0.25, 0.3) is 0 Å². The van der Waals surface area contributed by atoms with E-state index in [1.165, 1.54) is 44.1 Å². The normalized spacial score (nSPS) is 18.0. The molecule has 1 aliphatic rings. The number of benzene rings is 1. The minimum absolute atomic E-state index is 0.808. The molecule has 15 heavy (non-hydrogen) atoms. The van der Waals surface area contributed by atoms with Crippen LogP contribution in [0.25, 0.3) is 0 Å². The fraction of sp³-hybridized carbons (Fsp3) is 0.538. The molecule has 0 N–H and O–H groups in total. The predicted octanol–water partition coefficient (Wildman–Crippen LogP) is 5.23. The van der Waals surface area contributed by atoms with Crippen molar-refractivity contribution in [3.8, 4) is 0 Å². The van der Waals surface area contributed by atoms with Gasteiger partial charge in [-0.05, 0) is 46.0 Å². The summed E-state index contributed by atoms with van der Waals surface area (Å²) in [4.78, 5) is 0. The maximum absolute atomic E-state index is 5.98. The van der Waals surface area contributed by atoms with E-state index in [4.69, 9.17) is 11.6 Å². The van der Waals surface area contributed by atoms with Gasteiger partial charge in [0.05, 0.1) is 5.02 Å². The van der Waals surface area contributed by atoms with Crippen molar-refractivity contribution in [1.29, 1.82) is 0 Å². The molecule has 1 aromatic rings. The van der Waals surface area contributed by atoms with Crippen molar-refractivity contribution < 1.29 is 0 Å². The molecule has 0 bridgehead atoms. The van der Waals surface area contributed by atoms with E-state index in [9.17, 15) is 0 Å². The van der Waals surface area contributed by atoms with Gasteiger partial charge in [0, 0.05) is 4.47 Å². The van der Waals surface area contributed by atoms with Crippen molar-refractivity contribution in [2.75, 3.05) is 0 Å². The zero-order valence-corrected chi connectivity index (χ0v) is 11.1. The lowest BCUT2D eigenvalue weighted by molar-refractivity contribution is 0.356. The first-order chi connectivity index (χ1) is 7.25. The maximum atomic E-state index is 5.98. The van der Waals surface area contributed by atoms with Crippen LogP contribution in [0.3, 0.4) is 0 Å². The number of hydrogen-bond donors (Lipinski definition) is 0. The lowest BCUT2D eigenvalue weighted by Gasteiger charge is -2.21. The standard InChI is InChI=1S/C13H16BrCl/c14-12-9-11(6-7-13(12)15)8-10-4-2-1-3-5-10/h6-7,9-10H,1-5,8H2. The average molecular weight is 288 g/mol. The van der Waals surface area contributed by atoms with E-state index >= 15 is 0 Å². The van der Waals surface area contributed by atoms with Gasteiger partial charge in [-0.25, -0.2) is 0 Å². The summed E-state index contributed by atoms with van der Waals surface area (Å²) < 4.78 is 1.03. The highest BCUT2D eigenvalue weighted by atomic mass is 79.9. The highest BCUT2D eigenvalue weighted by molar-refractivity contribution is 9.10. The average Bonchev–Trinajstić information content (AvgIpc) is 2.25. The first-order valence-corrected chi connectivity index (χ1v) is 6.87. The van der Waals surface area contributed by atoms with Gasteiger partial charge in [0.2, 0.25) is 0 Å². The minimum atomic E-state index is 0.808. The van der Waals surface area contributed by atoms with Crippen molar-refractivity contribution >= 4 is 27.5 Å². The third-order valence-electron chi connectivity index (χ3n) is 3.23. The summed E-state index contributed by atoms with van der Waals surface area (Å²) in [5, 5.41) is 0.808. The molecule has 0 saturated heterocycles. The monoisotopic (exact) mass is 286 g/mol. The van der Waals surface area contributed by atoms with Crippen molar-refractivity contribution in [1.82, 2.24) is 0 Å². The van der Waals surface area contributed by atoms with Gasteiger partial charge >= 0.3 is 0 Å². The zero-order chi connectivity index (χ0) is 10.7. The summed E-state index contributed by atoms with van der Waals surface area (Å²) in [6.45, 7) is 0. The van der Waals surface area contributed by atoms with Crippen LogP contribution in [-0.2, 0) is 6.42 Å². The molecule has 0 spiro atoms. The Labute approximate surface area is 105 Å². The maximum Gasteiger partial charge on any atom is 0.0548 e. The Morgan fingerprint density at radius 1 is 1.20 bits per heavy atom. The second-order valence-electron chi connectivity index (χ2n) is 4.46. The molecule has 0 aromatic heterocycles. The lowest BCUT2D eigenvalue weighted by atomic mass is 9.85. The summed E-state index contributed by atoms with van der Waals surface area (Å²) in [7, 11) is 0. The van der Waals surface area contributed by atoms with Crippen molar-refractivity contribution in [2.24, 2.45) is 5.92 Å². The molecule has 0 radical (unpaired) electrons. The summed E-state index contributed by atoms with van der Waals surface area (Å²) in [5.41, 5.74) is 1.41. The van der Waals surface area contributed by atoms with Crippen LogP contribution in [0.5, 0.6) is 0 Å². The SMILES string of the molecule is Clc1ccc(CC2CCCCC2)cc1Br. The molecule has 0 aliphatic heterocycles. The summed E-state index contributed by atoms with van der Waals surface area (Å²) in [6, 6.07) is 6.31. The van der Waals surface area contributed by atoms with Crippen LogP contribution in [0.1, 0.15) is 37.7 Å². The first-order valence-electron chi connectivity index (χ1n) is 5.69. The van der Waals surface area contributed by atoms with Crippen LogP contribution >= 0.6 is 27.5 Å². The predicted molar refractivity (Wildman–Crippen MR) is 69.4 cm³/mol. The van der Waals surface area contributed by atoms with Crippen molar-refractivity contribution in [2.45, 2.75) is 38.5 Å². The Morgan fingerprint density at radius 2 is 1.93 bits per heavy atom. The molecule has 0 amide bonds. The van der Waals surface area contributed by atoms with Crippen LogP contribution in [0.2, 0.25) is 5.02 Å². The number of rotatable bonds is 2. The van der Waals surface area contributed by atoms with Crippen molar-refractivity contribution in [3.63, 3.8) is 0 Å². The molecule has 1 aliphatic carbocycles. The highest BCUT2D eigenvalue weighted by Crippen LogP contribution is 2.29. The molecule has 1 fully saturated rings. The van der Waals surface area contributed by atoms with E-state index < -0.39 is 0 Å². The molecule has 0 unspecified atom stereocenters. The zero-order valence-electron chi connectivity index (χ0n) is 8.81. The van der Waals surface area contributed by atoms with Crippen molar-refractivity contribution in [3.05, 3.63) is 33.3 Å². The smallest absolute Gasteiger partial charge is 0.0548 e. The fourth-order valence-corrected chi connectivity index (χ4v) is 2.93. The van der Waals surface area contributed by atoms with Crippen LogP contribution in [-0.4, -0.2) is 0 Å². The van der Waals surface area contributed by atoms with E-state index in [1.807, 2.05) is 6.07 Å². The topological polar surface area (TPSA) is 0 Å². The van der Waals surface area contributed by atoms with Gasteiger partial charge in [-0.15, -0.1) is 0 Å². The summed E-state index contributed by atoms with van der Waals surface area (Å²) in [5.74, 6) is 0.895. The largest absolute Gasteiger partial charge is 0.0831 e. The summed E-state index contributed by atoms with van der Waals surface area (Å²) in [6.07, 6.45) is 8.29. The lowest BCUT2D eigenvalue weighted by Crippen LogP contribution is -2.09. The third kappa shape index (κ3) is 3.22. The Kier molecular flexibility index (Phi) is 4.10. The second-order valence-corrected chi connectivity index (χ2v) is 5.72. The van der Waals surface area contributed by atoms with E-state index in [2.05, 4.69) is 28.1 Å². The summed E-state index contributed by atoms with van der Waals surface area (Å²) >= 11 is 9.46. The van der Waals surface area contributed by atoms with E-state index in [0.29, 0.717) is 0 Å². The minimum Gasteiger partial charge on any atom is -0.0831 e. The third-order valence-corrected chi connectivity index (χ3v) is 4.45. The molecule has 0 atom stereocenters. The Balaban J connectivity index is 2.00. The number of hydrogen-bond acceptors (Lipinski definition) is 0. The molecule has 1 saturated carbocycles. The molecule has 0 nitrogen and oxygen atoms in total. The van der Waals surface area contributed by atoms with E-state index in [-0.39, 0.29) is 0 Å². The van der Waals surface area contributed by atoms with Gasteiger partial charge in [-0.3, -0.25) is 0 Å². The van der Waals surface area contributed by atoms with Gasteiger partial charge in [0.15, 0.2) is 0 Å². The molecule has 1 aromatic carbocycles. The van der Waals surface area contributed by atoms with Crippen LogP contribution < -0.4 is 0 Å². The van der Waals surface area contributed by atoms with Gasteiger partial charge in [0.1, 0.15) is 0 Å². The highest BCUT2D eigenvalue weighted by Gasteiger charge is 2.14. The van der Waals surface area contributed by atoms with Crippen LogP contribution in [0.4, 0.5) is 0 Å². The van der Waals surface area contributed by atoms with Gasteiger partial charge < -0.3 is 0 Å². The second kappa shape index (κ2) is 5.36. The van der Waals surface area contributed by atoms with Gasteiger partial charge in [-0.1, -0.05) is 49.8 Å². The molecule has 82 valence electrons. The molecule has 2 heteroatoms. The van der Waals surface area contributed by atoms with E-state index in [1.54, 1.807) is 0 Å². The van der Waals surface area contributed by atoms with Crippen LogP contribution in [0.15, 0.2) is 22.7 Å². The Morgan fingerprint density at radius 3 is 2.60 bits per heavy atom. The molecular formula is C13H16BrCl. The Hall–Kier alpha value is -0.0100. The molecular weight excluding hydrogens is 271 g/mol. The van der Waals surface area contributed by atoms with Gasteiger partial charge in [-0.2, -0.15) is 0 Å². The quantitative estimate of drug-likeness (QED) is 0.699. The van der Waals surface area contributed by atoms with Crippen LogP contribution in [0, 0.1) is 5.92 Å². The number of halogens is 2. The van der Waals surface area contributed by atoms with E-state index in [0.717, 1.165) is 15.4 Å². The Bertz CT molecular complexity index is 329. The first kappa shape index (κ1) is 11.5. The molecule has 0 heterocycles. The molecule has 2 rings (SSSR count). The fourth-order valence-electron chi connectivity index (χ4n) is 2.39.